The maximum absolute atomic E-state index is 12.6. The molecule has 3 heterocycles. The van der Waals surface area contributed by atoms with Gasteiger partial charge in [0.1, 0.15) is 6.33 Å². The number of rotatable bonds is 3. The van der Waals surface area contributed by atoms with E-state index in [9.17, 15) is 9.59 Å². The zero-order valence-electron chi connectivity index (χ0n) is 14.7. The van der Waals surface area contributed by atoms with Gasteiger partial charge in [0.05, 0.1) is 5.56 Å². The summed E-state index contributed by atoms with van der Waals surface area (Å²) in [6.07, 6.45) is 12.1. The van der Waals surface area contributed by atoms with E-state index in [0.29, 0.717) is 17.9 Å². The van der Waals surface area contributed by atoms with Crippen LogP contribution in [0.5, 0.6) is 0 Å². The zero-order valence-corrected chi connectivity index (χ0v) is 14.7. The molecule has 1 saturated carbocycles. The van der Waals surface area contributed by atoms with Crippen molar-refractivity contribution in [3.8, 4) is 0 Å². The van der Waals surface area contributed by atoms with Crippen molar-refractivity contribution in [3.63, 3.8) is 0 Å². The van der Waals surface area contributed by atoms with Gasteiger partial charge in [-0.2, -0.15) is 0 Å². The van der Waals surface area contributed by atoms with E-state index < -0.39 is 0 Å². The maximum atomic E-state index is 12.6. The Morgan fingerprint density at radius 3 is 2.52 bits per heavy atom. The molecular formula is C19H26N4O2. The minimum absolute atomic E-state index is 0.0219. The van der Waals surface area contributed by atoms with Crippen LogP contribution in [0, 0.1) is 11.3 Å². The van der Waals surface area contributed by atoms with Gasteiger partial charge in [-0.1, -0.05) is 6.42 Å². The minimum atomic E-state index is 0.0219. The van der Waals surface area contributed by atoms with E-state index in [1.54, 1.807) is 12.4 Å². The lowest BCUT2D eigenvalue weighted by atomic mass is 9.71. The highest BCUT2D eigenvalue weighted by atomic mass is 16.2. The van der Waals surface area contributed by atoms with Gasteiger partial charge in [0.15, 0.2) is 0 Å². The Kier molecular flexibility index (Phi) is 4.44. The first kappa shape index (κ1) is 16.5. The number of hydrogen-bond donors (Lipinski definition) is 0. The molecule has 1 aromatic heterocycles. The van der Waals surface area contributed by atoms with E-state index in [1.165, 1.54) is 25.6 Å². The molecule has 1 aliphatic carbocycles. The Bertz CT molecular complexity index is 636. The van der Waals surface area contributed by atoms with Gasteiger partial charge in [-0.25, -0.2) is 9.97 Å². The van der Waals surface area contributed by atoms with Crippen molar-refractivity contribution in [3.05, 3.63) is 24.3 Å². The molecule has 134 valence electrons. The molecule has 0 bridgehead atoms. The second kappa shape index (κ2) is 6.73. The van der Waals surface area contributed by atoms with E-state index in [1.807, 2.05) is 4.90 Å². The fourth-order valence-electron chi connectivity index (χ4n) is 4.44. The first-order chi connectivity index (χ1) is 12.2. The maximum Gasteiger partial charge on any atom is 0.256 e. The molecule has 4 rings (SSSR count). The third kappa shape index (κ3) is 3.39. The Hall–Kier alpha value is -1.98. The lowest BCUT2D eigenvalue weighted by molar-refractivity contribution is -0.140. The third-order valence-corrected chi connectivity index (χ3v) is 6.37. The summed E-state index contributed by atoms with van der Waals surface area (Å²) in [6, 6.07) is 0. The van der Waals surface area contributed by atoms with Gasteiger partial charge in [0.25, 0.3) is 5.91 Å². The van der Waals surface area contributed by atoms with Gasteiger partial charge in [0, 0.05) is 45.0 Å². The number of likely N-dealkylation sites (tertiary alicyclic amines) is 2. The predicted octanol–water partition coefficient (Wildman–Crippen LogP) is 2.12. The Balaban J connectivity index is 1.37. The fraction of sp³-hybridized carbons (Fsp3) is 0.684. The largest absolute Gasteiger partial charge is 0.342 e. The number of aromatic nitrogens is 2. The molecule has 2 amide bonds. The van der Waals surface area contributed by atoms with E-state index in [0.717, 1.165) is 51.4 Å². The van der Waals surface area contributed by atoms with Gasteiger partial charge in [-0.05, 0) is 43.4 Å². The van der Waals surface area contributed by atoms with Crippen LogP contribution in [0.3, 0.4) is 0 Å². The van der Waals surface area contributed by atoms with Crippen LogP contribution >= 0.6 is 0 Å². The lowest BCUT2D eigenvalue weighted by Gasteiger charge is -2.48. The number of hydrogen-bond acceptors (Lipinski definition) is 4. The number of nitrogens with zero attached hydrogens (tertiary/aromatic N) is 4. The molecule has 2 saturated heterocycles. The van der Waals surface area contributed by atoms with E-state index in [4.69, 9.17) is 0 Å². The summed E-state index contributed by atoms with van der Waals surface area (Å²) in [7, 11) is 0. The summed E-state index contributed by atoms with van der Waals surface area (Å²) >= 11 is 0. The standard InChI is InChI=1S/C19H26N4O2/c24-17-4-5-19(13-23(17)12-15-2-1-3-15)6-8-22(9-7-19)18(25)16-10-20-14-21-11-16/h10-11,14-15H,1-9,12-13H2. The summed E-state index contributed by atoms with van der Waals surface area (Å²) < 4.78 is 0. The fourth-order valence-corrected chi connectivity index (χ4v) is 4.44. The summed E-state index contributed by atoms with van der Waals surface area (Å²) in [4.78, 5) is 36.8. The summed E-state index contributed by atoms with van der Waals surface area (Å²) in [5.41, 5.74) is 0.769. The number of carbonyl (C=O) groups excluding carboxylic acids is 2. The van der Waals surface area contributed by atoms with Crippen LogP contribution in [0.1, 0.15) is 55.3 Å². The monoisotopic (exact) mass is 342 g/mol. The first-order valence-electron chi connectivity index (χ1n) is 9.47. The number of amides is 2. The van der Waals surface area contributed by atoms with Crippen molar-refractivity contribution in [2.24, 2.45) is 11.3 Å². The molecule has 1 spiro atoms. The summed E-state index contributed by atoms with van der Waals surface area (Å²) in [6.45, 7) is 3.36. The molecule has 1 aromatic rings. The quantitative estimate of drug-likeness (QED) is 0.844. The Labute approximate surface area is 148 Å². The third-order valence-electron chi connectivity index (χ3n) is 6.37. The molecule has 3 fully saturated rings. The van der Waals surface area contributed by atoms with Crippen molar-refractivity contribution < 1.29 is 9.59 Å². The van der Waals surface area contributed by atoms with Gasteiger partial charge in [0.2, 0.25) is 5.91 Å². The van der Waals surface area contributed by atoms with E-state index >= 15 is 0 Å². The molecule has 25 heavy (non-hydrogen) atoms. The molecule has 6 nitrogen and oxygen atoms in total. The van der Waals surface area contributed by atoms with Crippen molar-refractivity contribution in [2.45, 2.75) is 44.9 Å². The van der Waals surface area contributed by atoms with Crippen LogP contribution < -0.4 is 0 Å². The van der Waals surface area contributed by atoms with Gasteiger partial charge in [-0.3, -0.25) is 9.59 Å². The van der Waals surface area contributed by atoms with Crippen LogP contribution in [0.4, 0.5) is 0 Å². The highest BCUT2D eigenvalue weighted by Crippen LogP contribution is 2.41. The van der Waals surface area contributed by atoms with Crippen LogP contribution in [0.2, 0.25) is 0 Å². The van der Waals surface area contributed by atoms with Gasteiger partial charge in [-0.15, -0.1) is 0 Å². The summed E-state index contributed by atoms with van der Waals surface area (Å²) in [5, 5.41) is 0. The molecule has 0 unspecified atom stereocenters. The Morgan fingerprint density at radius 1 is 1.16 bits per heavy atom. The average molecular weight is 342 g/mol. The normalized spacial score (nSPS) is 23.6. The molecule has 0 radical (unpaired) electrons. The topological polar surface area (TPSA) is 66.4 Å². The Morgan fingerprint density at radius 2 is 1.88 bits per heavy atom. The van der Waals surface area contributed by atoms with Crippen molar-refractivity contribution in [1.29, 1.82) is 0 Å². The highest BCUT2D eigenvalue weighted by Gasteiger charge is 2.42. The van der Waals surface area contributed by atoms with E-state index in [-0.39, 0.29) is 11.3 Å². The second-order valence-corrected chi connectivity index (χ2v) is 7.99. The number of carbonyl (C=O) groups is 2. The molecule has 6 heteroatoms. The highest BCUT2D eigenvalue weighted by molar-refractivity contribution is 5.93. The van der Waals surface area contributed by atoms with Gasteiger partial charge >= 0.3 is 0 Å². The van der Waals surface area contributed by atoms with Crippen LogP contribution in [-0.4, -0.2) is 57.8 Å². The van der Waals surface area contributed by atoms with Crippen LogP contribution in [-0.2, 0) is 4.79 Å². The first-order valence-corrected chi connectivity index (χ1v) is 9.47. The SMILES string of the molecule is O=C1CCC2(CCN(C(=O)c3cncnc3)CC2)CN1CC1CCC1. The average Bonchev–Trinajstić information content (AvgIpc) is 2.62. The van der Waals surface area contributed by atoms with Gasteiger partial charge < -0.3 is 9.80 Å². The smallest absolute Gasteiger partial charge is 0.256 e. The lowest BCUT2D eigenvalue weighted by Crippen LogP contribution is -2.53. The number of piperidine rings is 2. The molecular weight excluding hydrogens is 316 g/mol. The van der Waals surface area contributed by atoms with Crippen molar-refractivity contribution in [1.82, 2.24) is 19.8 Å². The van der Waals surface area contributed by atoms with Crippen molar-refractivity contribution in [2.75, 3.05) is 26.2 Å². The van der Waals surface area contributed by atoms with Crippen molar-refractivity contribution >= 4 is 11.8 Å². The zero-order chi connectivity index (χ0) is 17.3. The molecule has 2 aliphatic heterocycles. The summed E-state index contributed by atoms with van der Waals surface area (Å²) in [5.74, 6) is 1.07. The van der Waals surface area contributed by atoms with Crippen LogP contribution in [0.25, 0.3) is 0 Å². The molecule has 0 aromatic carbocycles. The molecule has 0 N–H and O–H groups in total. The second-order valence-electron chi connectivity index (χ2n) is 7.99. The predicted molar refractivity (Wildman–Crippen MR) is 92.8 cm³/mol. The molecule has 0 atom stereocenters. The van der Waals surface area contributed by atoms with Crippen LogP contribution in [0.15, 0.2) is 18.7 Å². The van der Waals surface area contributed by atoms with E-state index in [2.05, 4.69) is 14.9 Å². The minimum Gasteiger partial charge on any atom is -0.342 e. The molecule has 3 aliphatic rings.